The Kier molecular flexibility index (Phi) is 9.78. The predicted octanol–water partition coefficient (Wildman–Crippen LogP) is 4.97. The zero-order chi connectivity index (χ0) is 29.3. The molecule has 7 heteroatoms. The third kappa shape index (κ3) is 6.03. The SMILES string of the molecule is CC(C)CCC[C@@H](C)[C@H]1CC[C@H]2[C@@H]3CC=C4C[C@@](O)(C(=O)NN[C@@H](CCCN)C(N)=O)CC[C@]4(C)[C@H]3CC[C@]12C. The van der Waals surface area contributed by atoms with Crippen molar-refractivity contribution in [1.29, 1.82) is 0 Å². The highest BCUT2D eigenvalue weighted by atomic mass is 16.3. The van der Waals surface area contributed by atoms with Crippen molar-refractivity contribution in [2.75, 3.05) is 6.54 Å². The second kappa shape index (κ2) is 12.4. The molecule has 4 rings (SSSR count). The molecule has 228 valence electrons. The summed E-state index contributed by atoms with van der Waals surface area (Å²) < 4.78 is 0. The minimum absolute atomic E-state index is 0.0437. The van der Waals surface area contributed by atoms with Crippen LogP contribution in [0.25, 0.3) is 0 Å². The summed E-state index contributed by atoms with van der Waals surface area (Å²) in [5, 5.41) is 11.5. The quantitative estimate of drug-likeness (QED) is 0.170. The maximum atomic E-state index is 13.2. The van der Waals surface area contributed by atoms with E-state index >= 15 is 0 Å². The molecule has 7 nitrogen and oxygen atoms in total. The van der Waals surface area contributed by atoms with Gasteiger partial charge in [-0.25, -0.2) is 5.43 Å². The number of nitrogens with one attached hydrogen (secondary N) is 2. The van der Waals surface area contributed by atoms with Gasteiger partial charge in [0.25, 0.3) is 5.91 Å². The molecule has 3 fully saturated rings. The van der Waals surface area contributed by atoms with Crippen molar-refractivity contribution in [3.8, 4) is 0 Å². The molecule has 7 N–H and O–H groups in total. The van der Waals surface area contributed by atoms with Crippen molar-refractivity contribution >= 4 is 11.8 Å². The smallest absolute Gasteiger partial charge is 0.266 e. The minimum atomic E-state index is -1.48. The van der Waals surface area contributed by atoms with Crippen molar-refractivity contribution in [1.82, 2.24) is 10.9 Å². The number of hydrogen-bond acceptors (Lipinski definition) is 5. The van der Waals surface area contributed by atoms with E-state index in [-0.39, 0.29) is 5.41 Å². The maximum Gasteiger partial charge on any atom is 0.266 e. The average molecular weight is 559 g/mol. The number of carbonyl (C=O) groups excluding carboxylic acids is 2. The van der Waals surface area contributed by atoms with Crippen molar-refractivity contribution < 1.29 is 14.7 Å². The van der Waals surface area contributed by atoms with Crippen LogP contribution in [-0.2, 0) is 9.59 Å². The maximum absolute atomic E-state index is 13.2. The number of aliphatic hydroxyl groups is 1. The third-order valence-corrected chi connectivity index (χ3v) is 12.2. The van der Waals surface area contributed by atoms with Gasteiger partial charge in [-0.1, -0.05) is 65.5 Å². The number of amides is 2. The molecule has 0 aromatic heterocycles. The first-order valence-corrected chi connectivity index (χ1v) is 16.3. The van der Waals surface area contributed by atoms with Gasteiger partial charge in [0, 0.05) is 6.42 Å². The summed E-state index contributed by atoms with van der Waals surface area (Å²) in [6.45, 7) is 12.7. The first kappa shape index (κ1) is 31.5. The van der Waals surface area contributed by atoms with Gasteiger partial charge in [-0.05, 0) is 111 Å². The zero-order valence-corrected chi connectivity index (χ0v) is 25.9. The Morgan fingerprint density at radius 3 is 2.45 bits per heavy atom. The number of hydrogen-bond donors (Lipinski definition) is 5. The van der Waals surface area contributed by atoms with Crippen LogP contribution >= 0.6 is 0 Å². The largest absolute Gasteiger partial charge is 0.380 e. The van der Waals surface area contributed by atoms with Gasteiger partial charge < -0.3 is 16.6 Å². The molecule has 4 aliphatic carbocycles. The van der Waals surface area contributed by atoms with Crippen LogP contribution in [0.5, 0.6) is 0 Å². The molecule has 0 heterocycles. The number of hydrazine groups is 1. The Labute approximate surface area is 243 Å². The predicted molar refractivity (Wildman–Crippen MR) is 161 cm³/mol. The number of carbonyl (C=O) groups is 2. The average Bonchev–Trinajstić information content (AvgIpc) is 3.26. The second-order valence-corrected chi connectivity index (χ2v) is 15.0. The van der Waals surface area contributed by atoms with E-state index in [1.807, 2.05) is 0 Å². The van der Waals surface area contributed by atoms with E-state index in [4.69, 9.17) is 11.5 Å². The second-order valence-electron chi connectivity index (χ2n) is 15.0. The molecule has 4 aliphatic rings. The van der Waals surface area contributed by atoms with Gasteiger partial charge in [0.2, 0.25) is 5.91 Å². The lowest BCUT2D eigenvalue weighted by molar-refractivity contribution is -0.147. The summed E-state index contributed by atoms with van der Waals surface area (Å²) in [5.74, 6) is 3.54. The lowest BCUT2D eigenvalue weighted by atomic mass is 9.46. The number of primary amides is 1. The monoisotopic (exact) mass is 558 g/mol. The highest BCUT2D eigenvalue weighted by Gasteiger charge is 2.60. The molecule has 0 aromatic carbocycles. The Balaban J connectivity index is 1.42. The normalized spacial score (nSPS) is 38.5. The van der Waals surface area contributed by atoms with Crippen LogP contribution in [0.15, 0.2) is 11.6 Å². The summed E-state index contributed by atoms with van der Waals surface area (Å²) in [5.41, 5.74) is 16.7. The van der Waals surface area contributed by atoms with Gasteiger partial charge in [-0.2, -0.15) is 0 Å². The van der Waals surface area contributed by atoms with Gasteiger partial charge in [0.15, 0.2) is 0 Å². The molecule has 0 aliphatic heterocycles. The molecule has 2 amide bonds. The summed E-state index contributed by atoms with van der Waals surface area (Å²) in [6, 6.07) is -0.704. The van der Waals surface area contributed by atoms with E-state index in [1.54, 1.807) is 0 Å². The molecular formula is C33H58N4O3. The molecule has 3 saturated carbocycles. The van der Waals surface area contributed by atoms with Crippen LogP contribution in [0.1, 0.15) is 118 Å². The first-order chi connectivity index (χ1) is 18.9. The Morgan fingerprint density at radius 1 is 1.02 bits per heavy atom. The third-order valence-electron chi connectivity index (χ3n) is 12.2. The molecule has 0 bridgehead atoms. The van der Waals surface area contributed by atoms with Crippen LogP contribution in [-0.4, -0.2) is 35.1 Å². The lowest BCUT2D eigenvalue weighted by Gasteiger charge is -2.59. The topological polar surface area (TPSA) is 130 Å². The van der Waals surface area contributed by atoms with Crippen LogP contribution in [0, 0.1) is 46.3 Å². The standard InChI is InChI=1S/C33H58N4O3/c1-21(2)8-6-9-22(3)25-13-14-26-24-12-11-23-20-33(40,30(39)37-36-28(29(35)38)10-7-19-34)18-17-31(23,4)27(24)15-16-32(25,26)5/h11,21-22,24-28,36,40H,6-10,12-20,34H2,1-5H3,(H2,35,38)(H,37,39)/t22-,24+,25-,26+,27+,28+,31+,32-,33-/m1/s1. The fourth-order valence-corrected chi connectivity index (χ4v) is 9.74. The van der Waals surface area contributed by atoms with E-state index in [9.17, 15) is 14.7 Å². The van der Waals surface area contributed by atoms with E-state index in [1.165, 1.54) is 50.5 Å². The number of rotatable bonds is 12. The van der Waals surface area contributed by atoms with E-state index in [2.05, 4.69) is 51.5 Å². The lowest BCUT2D eigenvalue weighted by Crippen LogP contribution is -2.59. The van der Waals surface area contributed by atoms with Gasteiger partial charge in [0.05, 0.1) is 0 Å². The molecular weight excluding hydrogens is 500 g/mol. The molecule has 9 atom stereocenters. The van der Waals surface area contributed by atoms with Crippen molar-refractivity contribution in [2.24, 2.45) is 57.8 Å². The summed E-state index contributed by atoms with van der Waals surface area (Å²) in [7, 11) is 0. The Hall–Kier alpha value is -1.44. The Bertz CT molecular complexity index is 952. The molecule has 0 aromatic rings. The van der Waals surface area contributed by atoms with Gasteiger partial charge in [0.1, 0.15) is 11.6 Å². The highest BCUT2D eigenvalue weighted by Crippen LogP contribution is 2.67. The van der Waals surface area contributed by atoms with Crippen LogP contribution in [0.4, 0.5) is 0 Å². The molecule has 0 spiro atoms. The van der Waals surface area contributed by atoms with Gasteiger partial charge >= 0.3 is 0 Å². The fourth-order valence-electron chi connectivity index (χ4n) is 9.74. The summed E-state index contributed by atoms with van der Waals surface area (Å²) in [6.07, 6.45) is 15.5. The summed E-state index contributed by atoms with van der Waals surface area (Å²) in [4.78, 5) is 24.9. The van der Waals surface area contributed by atoms with Gasteiger partial charge in [-0.3, -0.25) is 15.0 Å². The fraction of sp³-hybridized carbons (Fsp3) is 0.879. The van der Waals surface area contributed by atoms with Gasteiger partial charge in [-0.15, -0.1) is 0 Å². The number of fused-ring (bicyclic) bond motifs is 5. The molecule has 40 heavy (non-hydrogen) atoms. The van der Waals surface area contributed by atoms with Crippen LogP contribution in [0.3, 0.4) is 0 Å². The van der Waals surface area contributed by atoms with Crippen LogP contribution in [0.2, 0.25) is 0 Å². The molecule has 0 unspecified atom stereocenters. The highest BCUT2D eigenvalue weighted by molar-refractivity contribution is 5.86. The minimum Gasteiger partial charge on any atom is -0.380 e. The van der Waals surface area contributed by atoms with Crippen LogP contribution < -0.4 is 22.3 Å². The molecule has 0 radical (unpaired) electrons. The summed E-state index contributed by atoms with van der Waals surface area (Å²) >= 11 is 0. The first-order valence-electron chi connectivity index (χ1n) is 16.3. The molecule has 0 saturated heterocycles. The van der Waals surface area contributed by atoms with E-state index in [0.29, 0.717) is 49.5 Å². The van der Waals surface area contributed by atoms with Crippen molar-refractivity contribution in [2.45, 2.75) is 130 Å². The van der Waals surface area contributed by atoms with E-state index in [0.717, 1.165) is 36.5 Å². The Morgan fingerprint density at radius 2 is 1.77 bits per heavy atom. The zero-order valence-electron chi connectivity index (χ0n) is 25.9. The number of nitrogens with two attached hydrogens (primary N) is 2. The van der Waals surface area contributed by atoms with Crippen molar-refractivity contribution in [3.05, 3.63) is 11.6 Å². The van der Waals surface area contributed by atoms with E-state index < -0.39 is 23.5 Å². The van der Waals surface area contributed by atoms with Crippen molar-refractivity contribution in [3.63, 3.8) is 0 Å². The number of allylic oxidation sites excluding steroid dienone is 1.